The van der Waals surface area contributed by atoms with E-state index < -0.39 is 35.7 Å². The van der Waals surface area contributed by atoms with E-state index in [2.05, 4.69) is 6.92 Å². The number of aliphatic carboxylic acids is 3. The van der Waals surface area contributed by atoms with Crippen molar-refractivity contribution in [3.8, 4) is 0 Å². The van der Waals surface area contributed by atoms with Gasteiger partial charge in [0.1, 0.15) is 0 Å². The van der Waals surface area contributed by atoms with E-state index in [4.69, 9.17) is 0 Å². The SMILES string of the molecule is CCCCCCCC[N+](CCC(C)C(=O)[O-])(CCC(C)C(=O)O)CCC(C)C(=O)O. The normalized spacial score (nSPS) is 16.4. The second-order valence-electron chi connectivity index (χ2n) is 9.07. The first-order valence-electron chi connectivity index (χ1n) is 11.6. The van der Waals surface area contributed by atoms with Crippen molar-refractivity contribution in [1.82, 2.24) is 0 Å². The maximum Gasteiger partial charge on any atom is 0.306 e. The van der Waals surface area contributed by atoms with Gasteiger partial charge < -0.3 is 24.6 Å². The summed E-state index contributed by atoms with van der Waals surface area (Å²) in [6.07, 6.45) is 8.24. The molecule has 0 bridgehead atoms. The fraction of sp³-hybridized carbons (Fsp3) is 0.870. The fourth-order valence-corrected chi connectivity index (χ4v) is 3.67. The van der Waals surface area contributed by atoms with Crippen molar-refractivity contribution in [2.75, 3.05) is 26.2 Å². The van der Waals surface area contributed by atoms with Crippen molar-refractivity contribution in [2.24, 2.45) is 17.8 Å². The molecular weight excluding hydrogens is 386 g/mol. The number of nitrogens with zero attached hydrogens (tertiary/aromatic N) is 1. The quantitative estimate of drug-likeness (QED) is 0.241. The summed E-state index contributed by atoms with van der Waals surface area (Å²) in [6.45, 7) is 9.84. The molecule has 0 saturated heterocycles. The number of quaternary nitrogens is 1. The lowest BCUT2D eigenvalue weighted by molar-refractivity contribution is -0.929. The summed E-state index contributed by atoms with van der Waals surface area (Å²) in [5.41, 5.74) is 0. The van der Waals surface area contributed by atoms with E-state index >= 15 is 0 Å². The van der Waals surface area contributed by atoms with Gasteiger partial charge in [-0.15, -0.1) is 0 Å². The smallest absolute Gasteiger partial charge is 0.306 e. The Hall–Kier alpha value is -1.63. The fourth-order valence-electron chi connectivity index (χ4n) is 3.67. The molecule has 0 spiro atoms. The molecule has 0 aromatic carbocycles. The Morgan fingerprint density at radius 1 is 0.700 bits per heavy atom. The predicted octanol–water partition coefficient (Wildman–Crippen LogP) is 3.16. The third kappa shape index (κ3) is 12.2. The molecule has 176 valence electrons. The summed E-state index contributed by atoms with van der Waals surface area (Å²) < 4.78 is 0.584. The maximum atomic E-state index is 11.3. The van der Waals surface area contributed by atoms with E-state index in [1.165, 1.54) is 19.3 Å². The molecule has 0 aromatic rings. The summed E-state index contributed by atoms with van der Waals surface area (Å²) in [4.78, 5) is 33.8. The number of carboxylic acids is 3. The van der Waals surface area contributed by atoms with Gasteiger partial charge in [-0.2, -0.15) is 0 Å². The molecule has 3 unspecified atom stereocenters. The van der Waals surface area contributed by atoms with E-state index in [-0.39, 0.29) is 0 Å². The standard InChI is InChI=1S/C23H43NO6/c1-5-6-7-8-9-10-14-24(15-11-18(2)21(25)26,16-12-19(3)22(27)28)17-13-20(4)23(29)30/h18-20H,5-17H2,1-4H3,(H2-,25,26,27,28,29,30). The minimum atomic E-state index is -1.08. The number of rotatable bonds is 19. The maximum absolute atomic E-state index is 11.3. The lowest BCUT2D eigenvalue weighted by Crippen LogP contribution is -2.52. The van der Waals surface area contributed by atoms with Crippen LogP contribution >= 0.6 is 0 Å². The van der Waals surface area contributed by atoms with Gasteiger partial charge in [-0.1, -0.05) is 53.4 Å². The van der Waals surface area contributed by atoms with Crippen molar-refractivity contribution in [3.05, 3.63) is 0 Å². The third-order valence-corrected chi connectivity index (χ3v) is 6.34. The van der Waals surface area contributed by atoms with Crippen LogP contribution in [0.4, 0.5) is 0 Å². The van der Waals surface area contributed by atoms with Crippen LogP contribution in [0.2, 0.25) is 0 Å². The molecule has 0 aliphatic heterocycles. The number of hydrogen-bond acceptors (Lipinski definition) is 4. The molecule has 7 heteroatoms. The van der Waals surface area contributed by atoms with Gasteiger partial charge in [-0.3, -0.25) is 9.59 Å². The number of carboxylic acid groups (broad SMARTS) is 3. The van der Waals surface area contributed by atoms with Crippen LogP contribution in [-0.4, -0.2) is 58.8 Å². The van der Waals surface area contributed by atoms with Crippen LogP contribution in [0.1, 0.15) is 85.5 Å². The largest absolute Gasteiger partial charge is 0.550 e. The first-order valence-corrected chi connectivity index (χ1v) is 11.6. The Morgan fingerprint density at radius 2 is 1.10 bits per heavy atom. The Balaban J connectivity index is 5.29. The lowest BCUT2D eigenvalue weighted by Gasteiger charge is -2.41. The van der Waals surface area contributed by atoms with Crippen molar-refractivity contribution >= 4 is 17.9 Å². The van der Waals surface area contributed by atoms with E-state index in [1.54, 1.807) is 20.8 Å². The van der Waals surface area contributed by atoms with Crippen LogP contribution in [0.15, 0.2) is 0 Å². The molecule has 0 aliphatic carbocycles. The third-order valence-electron chi connectivity index (χ3n) is 6.34. The van der Waals surface area contributed by atoms with Crippen LogP contribution in [0, 0.1) is 17.8 Å². The van der Waals surface area contributed by atoms with Gasteiger partial charge in [-0.25, -0.2) is 0 Å². The molecule has 2 N–H and O–H groups in total. The summed E-state index contributed by atoms with van der Waals surface area (Å²) >= 11 is 0. The van der Waals surface area contributed by atoms with Gasteiger partial charge in [0.2, 0.25) is 0 Å². The minimum absolute atomic E-state index is 0.446. The molecule has 0 saturated carbocycles. The van der Waals surface area contributed by atoms with Gasteiger partial charge in [-0.05, 0) is 12.8 Å². The Bertz CT molecular complexity index is 462. The molecule has 0 heterocycles. The first-order chi connectivity index (χ1) is 14.0. The van der Waals surface area contributed by atoms with E-state index in [1.807, 2.05) is 0 Å². The Labute approximate surface area is 182 Å². The summed E-state index contributed by atoms with van der Waals surface area (Å²) in [5.74, 6) is -4.30. The molecule has 30 heavy (non-hydrogen) atoms. The molecule has 0 aliphatic rings. The highest BCUT2D eigenvalue weighted by molar-refractivity contribution is 5.69. The minimum Gasteiger partial charge on any atom is -0.550 e. The highest BCUT2D eigenvalue weighted by Gasteiger charge is 2.30. The van der Waals surface area contributed by atoms with Crippen molar-refractivity contribution in [1.29, 1.82) is 0 Å². The zero-order chi connectivity index (χ0) is 23.2. The second kappa shape index (κ2) is 15.2. The zero-order valence-electron chi connectivity index (χ0n) is 19.4. The van der Waals surface area contributed by atoms with Crippen LogP contribution in [0.5, 0.6) is 0 Å². The van der Waals surface area contributed by atoms with Crippen molar-refractivity contribution < 1.29 is 34.2 Å². The highest BCUT2D eigenvalue weighted by atomic mass is 16.4. The average Bonchev–Trinajstić information content (AvgIpc) is 2.69. The topological polar surface area (TPSA) is 115 Å². The molecule has 0 fully saturated rings. The summed E-state index contributed by atoms with van der Waals surface area (Å²) in [5, 5.41) is 29.8. The lowest BCUT2D eigenvalue weighted by atomic mass is 10.0. The Morgan fingerprint density at radius 3 is 1.50 bits per heavy atom. The number of carbonyl (C=O) groups excluding carboxylic acids is 1. The highest BCUT2D eigenvalue weighted by Crippen LogP contribution is 2.21. The molecule has 7 nitrogen and oxygen atoms in total. The molecule has 0 aromatic heterocycles. The Kier molecular flexibility index (Phi) is 14.4. The molecular formula is C23H43NO6. The number of unbranched alkanes of at least 4 members (excludes halogenated alkanes) is 5. The van der Waals surface area contributed by atoms with Crippen molar-refractivity contribution in [2.45, 2.75) is 85.5 Å². The molecule has 0 rings (SSSR count). The molecule has 0 amide bonds. The van der Waals surface area contributed by atoms with Crippen LogP contribution in [-0.2, 0) is 14.4 Å². The van der Waals surface area contributed by atoms with Crippen LogP contribution < -0.4 is 5.11 Å². The zero-order valence-corrected chi connectivity index (χ0v) is 19.4. The first kappa shape index (κ1) is 28.4. The van der Waals surface area contributed by atoms with Gasteiger partial charge in [0.05, 0.1) is 38.0 Å². The summed E-state index contributed by atoms with van der Waals surface area (Å²) in [6, 6.07) is 0. The van der Waals surface area contributed by atoms with Crippen LogP contribution in [0.3, 0.4) is 0 Å². The van der Waals surface area contributed by atoms with E-state index in [0.29, 0.717) is 43.4 Å². The van der Waals surface area contributed by atoms with Gasteiger partial charge in [0.15, 0.2) is 0 Å². The van der Waals surface area contributed by atoms with E-state index in [9.17, 15) is 29.7 Å². The van der Waals surface area contributed by atoms with Crippen LogP contribution in [0.25, 0.3) is 0 Å². The average molecular weight is 430 g/mol. The molecule has 3 atom stereocenters. The monoisotopic (exact) mass is 429 g/mol. The summed E-state index contributed by atoms with van der Waals surface area (Å²) in [7, 11) is 0. The number of hydrogen-bond donors (Lipinski definition) is 2. The van der Waals surface area contributed by atoms with Gasteiger partial charge in [0, 0.05) is 31.1 Å². The second-order valence-corrected chi connectivity index (χ2v) is 9.07. The predicted molar refractivity (Wildman–Crippen MR) is 115 cm³/mol. The van der Waals surface area contributed by atoms with Crippen molar-refractivity contribution in [3.63, 3.8) is 0 Å². The van der Waals surface area contributed by atoms with Gasteiger partial charge >= 0.3 is 11.9 Å². The van der Waals surface area contributed by atoms with E-state index in [0.717, 1.165) is 25.8 Å². The molecule has 0 radical (unpaired) electrons. The van der Waals surface area contributed by atoms with Gasteiger partial charge in [0.25, 0.3) is 0 Å². The number of carbonyl (C=O) groups is 3.